The molecule has 0 amide bonds. The van der Waals surface area contributed by atoms with Crippen LogP contribution in [0, 0.1) is 0 Å². The van der Waals surface area contributed by atoms with Gasteiger partial charge in [0.25, 0.3) is 0 Å². The molecule has 0 aliphatic carbocycles. The second-order valence-corrected chi connectivity index (χ2v) is 5.52. The highest BCUT2D eigenvalue weighted by molar-refractivity contribution is 7.68. The van der Waals surface area contributed by atoms with E-state index in [1.165, 1.54) is 0 Å². The van der Waals surface area contributed by atoms with Crippen molar-refractivity contribution < 1.29 is 4.52 Å². The predicted molar refractivity (Wildman–Crippen MR) is 42.1 cm³/mol. The molecule has 0 N–H and O–H groups in total. The molecule has 0 spiro atoms. The highest BCUT2D eigenvalue weighted by Gasteiger charge is 2.00. The molecule has 1 nitrogen and oxygen atoms in total. The molecule has 0 fully saturated rings. The Balaban J connectivity index is 3.55. The third kappa shape index (κ3) is 3.29. The van der Waals surface area contributed by atoms with Crippen LogP contribution in [-0.2, 0) is 4.52 Å². The van der Waals surface area contributed by atoms with Gasteiger partial charge < -0.3 is 4.52 Å². The zero-order valence-corrected chi connectivity index (χ0v) is 6.87. The molecule has 0 saturated carbocycles. The van der Waals surface area contributed by atoms with Gasteiger partial charge in [-0.15, -0.1) is 0 Å². The fourth-order valence-corrected chi connectivity index (χ4v) is 1.21. The van der Waals surface area contributed by atoms with Gasteiger partial charge in [0, 0.05) is 6.61 Å². The fourth-order valence-electron chi connectivity index (χ4n) is 0.403. The highest BCUT2D eigenvalue weighted by Crippen LogP contribution is 2.40. The lowest BCUT2D eigenvalue weighted by Gasteiger charge is -2.15. The third-order valence-electron chi connectivity index (χ3n) is 1.11. The second kappa shape index (κ2) is 3.32. The lowest BCUT2D eigenvalue weighted by atomic mass is 10.9. The number of hydrogen-bond donors (Lipinski definition) is 0. The quantitative estimate of drug-likeness (QED) is 0.537. The van der Waals surface area contributed by atoms with Gasteiger partial charge in [0.2, 0.25) is 0 Å². The van der Waals surface area contributed by atoms with Crippen molar-refractivity contribution in [2.45, 2.75) is 13.8 Å². The van der Waals surface area contributed by atoms with E-state index in [2.05, 4.69) is 19.9 Å². The van der Waals surface area contributed by atoms with E-state index in [4.69, 9.17) is 4.52 Å². The van der Waals surface area contributed by atoms with Crippen molar-refractivity contribution in [2.24, 2.45) is 0 Å². The first-order chi connectivity index (χ1) is 3.62. The van der Waals surface area contributed by atoms with E-state index in [9.17, 15) is 0 Å². The van der Waals surface area contributed by atoms with Gasteiger partial charge in [-0.3, -0.25) is 0 Å². The molecule has 0 saturated heterocycles. The standard InChI is InChI=1S/C6H15OP/c1-5-7-8(3,4)6-2/h3,5-6H2,1-2,4H3. The maximum Gasteiger partial charge on any atom is 0.0478 e. The maximum absolute atomic E-state index is 5.38. The minimum Gasteiger partial charge on any atom is -0.363 e. The molecule has 0 aliphatic rings. The first-order valence-corrected chi connectivity index (χ1v) is 5.49. The normalized spacial score (nSPS) is 17.9. The first kappa shape index (κ1) is 8.26. The Morgan fingerprint density at radius 3 is 2.12 bits per heavy atom. The molecule has 8 heavy (non-hydrogen) atoms. The van der Waals surface area contributed by atoms with Crippen molar-refractivity contribution in [3.05, 3.63) is 0 Å². The predicted octanol–water partition coefficient (Wildman–Crippen LogP) is 2.04. The molecule has 0 radical (unpaired) electrons. The Labute approximate surface area is 52.1 Å². The Morgan fingerprint density at radius 1 is 1.50 bits per heavy atom. The summed E-state index contributed by atoms with van der Waals surface area (Å²) in [4.78, 5) is 0. The Hall–Kier alpha value is 0.260. The van der Waals surface area contributed by atoms with Crippen LogP contribution in [0.15, 0.2) is 0 Å². The molecule has 0 rings (SSSR count). The smallest absolute Gasteiger partial charge is 0.0478 e. The van der Waals surface area contributed by atoms with Crippen molar-refractivity contribution in [1.29, 1.82) is 0 Å². The van der Waals surface area contributed by atoms with Crippen LogP contribution < -0.4 is 0 Å². The van der Waals surface area contributed by atoms with E-state index >= 15 is 0 Å². The average Bonchev–Trinajstić information content (AvgIpc) is 1.67. The third-order valence-corrected chi connectivity index (χ3v) is 3.33. The minimum absolute atomic E-state index is 0.807. The maximum atomic E-state index is 5.38. The van der Waals surface area contributed by atoms with Crippen LogP contribution in [0.4, 0.5) is 0 Å². The fraction of sp³-hybridized carbons (Fsp3) is 0.833. The topological polar surface area (TPSA) is 9.23 Å². The van der Waals surface area contributed by atoms with Gasteiger partial charge in [0.1, 0.15) is 0 Å². The van der Waals surface area contributed by atoms with Crippen molar-refractivity contribution >= 4 is 13.4 Å². The Bertz CT molecular complexity index is 98.7. The Morgan fingerprint density at radius 2 is 2.00 bits per heavy atom. The molecule has 0 bridgehead atoms. The van der Waals surface area contributed by atoms with E-state index in [1.807, 2.05) is 6.92 Å². The van der Waals surface area contributed by atoms with E-state index in [0.29, 0.717) is 0 Å². The van der Waals surface area contributed by atoms with Gasteiger partial charge in [-0.05, 0) is 26.9 Å². The summed E-state index contributed by atoms with van der Waals surface area (Å²) in [5, 5.41) is 0. The SMILES string of the molecule is C=P(C)(CC)OCC. The molecular formula is C6H15OP. The van der Waals surface area contributed by atoms with Crippen LogP contribution >= 0.6 is 7.11 Å². The zero-order valence-electron chi connectivity index (χ0n) is 5.98. The van der Waals surface area contributed by atoms with E-state index in [-0.39, 0.29) is 0 Å². The van der Waals surface area contributed by atoms with Gasteiger partial charge in [-0.1, -0.05) is 13.2 Å². The van der Waals surface area contributed by atoms with Gasteiger partial charge in [0.05, 0.1) is 0 Å². The van der Waals surface area contributed by atoms with Crippen LogP contribution in [0.5, 0.6) is 0 Å². The lowest BCUT2D eigenvalue weighted by molar-refractivity contribution is 0.378. The molecule has 1 unspecified atom stereocenters. The molecule has 0 aromatic carbocycles. The summed E-state index contributed by atoms with van der Waals surface area (Å²) >= 11 is 0. The highest BCUT2D eigenvalue weighted by atomic mass is 31.2. The second-order valence-electron chi connectivity index (χ2n) is 2.03. The number of hydrogen-bond acceptors (Lipinski definition) is 1. The Kier molecular flexibility index (Phi) is 3.43. The molecule has 1 atom stereocenters. The molecule has 0 aromatic heterocycles. The summed E-state index contributed by atoms with van der Waals surface area (Å²) in [5.41, 5.74) is 0. The lowest BCUT2D eigenvalue weighted by Crippen LogP contribution is -1.89. The zero-order chi connectivity index (χ0) is 6.62. The molecule has 0 aromatic rings. The van der Waals surface area contributed by atoms with Crippen LogP contribution in [-0.4, -0.2) is 25.7 Å². The van der Waals surface area contributed by atoms with Crippen molar-refractivity contribution in [1.82, 2.24) is 0 Å². The summed E-state index contributed by atoms with van der Waals surface area (Å²) in [7, 11) is -1.17. The van der Waals surface area contributed by atoms with Gasteiger partial charge in [-0.25, -0.2) is 0 Å². The van der Waals surface area contributed by atoms with Gasteiger partial charge in [0.15, 0.2) is 0 Å². The summed E-state index contributed by atoms with van der Waals surface area (Å²) in [5.74, 6) is 0. The monoisotopic (exact) mass is 134 g/mol. The summed E-state index contributed by atoms with van der Waals surface area (Å²) < 4.78 is 5.38. The van der Waals surface area contributed by atoms with Gasteiger partial charge >= 0.3 is 0 Å². The first-order valence-electron chi connectivity index (χ1n) is 2.97. The van der Waals surface area contributed by atoms with E-state index < -0.39 is 7.11 Å². The van der Waals surface area contributed by atoms with Crippen molar-refractivity contribution in [3.63, 3.8) is 0 Å². The molecule has 50 valence electrons. The number of rotatable bonds is 3. The molecule has 0 heterocycles. The van der Waals surface area contributed by atoms with Crippen LogP contribution in [0.3, 0.4) is 0 Å². The summed E-state index contributed by atoms with van der Waals surface area (Å²) in [6, 6.07) is 0. The average molecular weight is 134 g/mol. The summed E-state index contributed by atoms with van der Waals surface area (Å²) in [6.07, 6.45) is 5.05. The largest absolute Gasteiger partial charge is 0.363 e. The molecule has 2 heteroatoms. The van der Waals surface area contributed by atoms with Crippen LogP contribution in [0.25, 0.3) is 0 Å². The summed E-state index contributed by atoms with van der Waals surface area (Å²) in [6.45, 7) is 7.05. The minimum atomic E-state index is -1.17. The molecule has 0 aliphatic heterocycles. The van der Waals surface area contributed by atoms with Gasteiger partial charge in [-0.2, -0.15) is 0 Å². The van der Waals surface area contributed by atoms with Crippen LogP contribution in [0.1, 0.15) is 13.8 Å². The van der Waals surface area contributed by atoms with Crippen molar-refractivity contribution in [3.8, 4) is 0 Å². The van der Waals surface area contributed by atoms with E-state index in [1.54, 1.807) is 0 Å². The van der Waals surface area contributed by atoms with Crippen LogP contribution in [0.2, 0.25) is 0 Å². The van der Waals surface area contributed by atoms with E-state index in [0.717, 1.165) is 12.8 Å². The van der Waals surface area contributed by atoms with Crippen molar-refractivity contribution in [2.75, 3.05) is 19.4 Å². The molecular weight excluding hydrogens is 119 g/mol.